The van der Waals surface area contributed by atoms with Gasteiger partial charge in [-0.1, -0.05) is 26.7 Å². The highest BCUT2D eigenvalue weighted by molar-refractivity contribution is 6.21. The highest BCUT2D eigenvalue weighted by Crippen LogP contribution is 2.19. The lowest BCUT2D eigenvalue weighted by atomic mass is 9.99. The molecule has 0 radical (unpaired) electrons. The summed E-state index contributed by atoms with van der Waals surface area (Å²) in [6, 6.07) is 1.83. The first-order chi connectivity index (χ1) is 9.10. The molecule has 1 rings (SSSR count). The minimum atomic E-state index is 0.0923. The Kier molecular flexibility index (Phi) is 6.92. The number of nitrogens with zero attached hydrogens (tertiary/aromatic N) is 2. The van der Waals surface area contributed by atoms with E-state index < -0.39 is 0 Å². The Morgan fingerprint density at radius 1 is 1.26 bits per heavy atom. The first kappa shape index (κ1) is 16.0. The summed E-state index contributed by atoms with van der Waals surface area (Å²) in [4.78, 5) is 8.64. The number of hydrogen-bond donors (Lipinski definition) is 1. The molecule has 1 unspecified atom stereocenters. The Morgan fingerprint density at radius 3 is 2.53 bits per heavy atom. The van der Waals surface area contributed by atoms with E-state index >= 15 is 0 Å². The number of aromatic nitrogens is 2. The normalized spacial score (nSPS) is 12.5. The number of anilines is 1. The van der Waals surface area contributed by atoms with Crippen LogP contribution in [-0.4, -0.2) is 28.5 Å². The second-order valence-corrected chi connectivity index (χ2v) is 5.14. The summed E-state index contributed by atoms with van der Waals surface area (Å²) in [5, 5.41) is 3.29. The molecule has 0 bridgehead atoms. The molecular formula is C14H24ClN3O. The van der Waals surface area contributed by atoms with Crippen molar-refractivity contribution in [2.24, 2.45) is 5.92 Å². The largest absolute Gasteiger partial charge is 0.478 e. The van der Waals surface area contributed by atoms with E-state index in [1.165, 1.54) is 0 Å². The van der Waals surface area contributed by atoms with Crippen LogP contribution in [0.4, 0.5) is 5.95 Å². The van der Waals surface area contributed by atoms with Gasteiger partial charge in [-0.05, 0) is 19.8 Å². The molecule has 19 heavy (non-hydrogen) atoms. The van der Waals surface area contributed by atoms with Gasteiger partial charge < -0.3 is 10.1 Å². The average molecular weight is 286 g/mol. The number of rotatable bonds is 8. The highest BCUT2D eigenvalue weighted by atomic mass is 35.5. The molecule has 0 aromatic carbocycles. The molecule has 1 aromatic heterocycles. The van der Waals surface area contributed by atoms with Gasteiger partial charge in [-0.3, -0.25) is 0 Å². The van der Waals surface area contributed by atoms with E-state index in [1.807, 2.05) is 19.9 Å². The van der Waals surface area contributed by atoms with Gasteiger partial charge in [0.05, 0.1) is 12.0 Å². The number of hydrogen-bond acceptors (Lipinski definition) is 4. The van der Waals surface area contributed by atoms with Crippen LogP contribution < -0.4 is 10.1 Å². The highest BCUT2D eigenvalue weighted by Gasteiger charge is 2.16. The van der Waals surface area contributed by atoms with Crippen molar-refractivity contribution in [3.05, 3.63) is 11.8 Å². The summed E-state index contributed by atoms with van der Waals surface area (Å²) in [5.74, 6) is 1.71. The fourth-order valence-electron chi connectivity index (χ4n) is 2.00. The van der Waals surface area contributed by atoms with Crippen LogP contribution in [0.25, 0.3) is 0 Å². The third-order valence-electron chi connectivity index (χ3n) is 3.14. The topological polar surface area (TPSA) is 47.0 Å². The molecule has 0 aliphatic carbocycles. The lowest BCUT2D eigenvalue weighted by Gasteiger charge is -2.19. The molecule has 0 saturated carbocycles. The van der Waals surface area contributed by atoms with Crippen LogP contribution in [0, 0.1) is 12.8 Å². The van der Waals surface area contributed by atoms with Crippen LogP contribution >= 0.6 is 11.6 Å². The second-order valence-electron chi connectivity index (χ2n) is 4.58. The predicted octanol–water partition coefficient (Wildman–Crippen LogP) is 3.64. The number of alkyl halides is 1. The van der Waals surface area contributed by atoms with Crippen molar-refractivity contribution in [2.45, 2.75) is 45.9 Å². The minimum Gasteiger partial charge on any atom is -0.478 e. The van der Waals surface area contributed by atoms with Crippen molar-refractivity contribution in [1.82, 2.24) is 9.97 Å². The molecule has 1 heterocycles. The van der Waals surface area contributed by atoms with Gasteiger partial charge >= 0.3 is 0 Å². The third kappa shape index (κ3) is 5.23. The first-order valence-electron chi connectivity index (χ1n) is 6.97. The van der Waals surface area contributed by atoms with Gasteiger partial charge in [0.15, 0.2) is 0 Å². The molecule has 0 aliphatic heterocycles. The van der Waals surface area contributed by atoms with Crippen molar-refractivity contribution in [1.29, 1.82) is 0 Å². The molecular weight excluding hydrogens is 262 g/mol. The first-order valence-corrected chi connectivity index (χ1v) is 7.40. The number of halogens is 1. The lowest BCUT2D eigenvalue weighted by molar-refractivity contribution is 0.326. The summed E-state index contributed by atoms with van der Waals surface area (Å²) in [7, 11) is 0. The quantitative estimate of drug-likeness (QED) is 0.741. The van der Waals surface area contributed by atoms with Crippen LogP contribution in [0.15, 0.2) is 6.07 Å². The van der Waals surface area contributed by atoms with Crippen LogP contribution in [0.1, 0.15) is 39.3 Å². The summed E-state index contributed by atoms with van der Waals surface area (Å²) in [5.41, 5.74) is 0.884. The predicted molar refractivity (Wildman–Crippen MR) is 80.1 cm³/mol. The molecule has 4 nitrogen and oxygen atoms in total. The maximum atomic E-state index is 6.39. The molecule has 0 aliphatic rings. The van der Waals surface area contributed by atoms with Gasteiger partial charge in [0, 0.05) is 18.3 Å². The van der Waals surface area contributed by atoms with Gasteiger partial charge in [0.1, 0.15) is 0 Å². The van der Waals surface area contributed by atoms with Crippen molar-refractivity contribution in [3.8, 4) is 5.88 Å². The van der Waals surface area contributed by atoms with Gasteiger partial charge in [-0.15, -0.1) is 11.6 Å². The molecule has 1 atom stereocenters. The Bertz CT molecular complexity index is 383. The smallest absolute Gasteiger partial charge is 0.226 e. The van der Waals surface area contributed by atoms with Gasteiger partial charge in [0.2, 0.25) is 11.8 Å². The summed E-state index contributed by atoms with van der Waals surface area (Å²) >= 11 is 6.39. The molecule has 0 fully saturated rings. The molecule has 5 heteroatoms. The van der Waals surface area contributed by atoms with Crippen molar-refractivity contribution in [3.63, 3.8) is 0 Å². The zero-order valence-electron chi connectivity index (χ0n) is 12.2. The summed E-state index contributed by atoms with van der Waals surface area (Å²) < 4.78 is 5.40. The maximum absolute atomic E-state index is 6.39. The number of ether oxygens (including phenoxy) is 1. The molecule has 0 amide bonds. The molecule has 1 N–H and O–H groups in total. The van der Waals surface area contributed by atoms with E-state index in [2.05, 4.69) is 29.1 Å². The van der Waals surface area contributed by atoms with Crippen LogP contribution in [0.2, 0.25) is 0 Å². The van der Waals surface area contributed by atoms with E-state index in [1.54, 1.807) is 0 Å². The fourth-order valence-corrected chi connectivity index (χ4v) is 2.43. The average Bonchev–Trinajstić information content (AvgIpc) is 2.37. The van der Waals surface area contributed by atoms with E-state index in [0.29, 0.717) is 30.9 Å². The standard InChI is InChI=1S/C14H24ClN3O/c1-5-11(6-2)12(15)9-16-14-17-10(4)8-13(18-14)19-7-3/h8,11-12H,5-7,9H2,1-4H3,(H,16,17,18). The Balaban J connectivity index is 2.61. The van der Waals surface area contributed by atoms with Crippen LogP contribution in [0.3, 0.4) is 0 Å². The number of aryl methyl sites for hydroxylation is 1. The maximum Gasteiger partial charge on any atom is 0.226 e. The monoisotopic (exact) mass is 285 g/mol. The molecule has 0 saturated heterocycles. The third-order valence-corrected chi connectivity index (χ3v) is 3.65. The lowest BCUT2D eigenvalue weighted by Crippen LogP contribution is -2.23. The molecule has 1 aromatic rings. The van der Waals surface area contributed by atoms with E-state index in [9.17, 15) is 0 Å². The van der Waals surface area contributed by atoms with E-state index in [4.69, 9.17) is 16.3 Å². The zero-order valence-corrected chi connectivity index (χ0v) is 13.0. The van der Waals surface area contributed by atoms with Crippen molar-refractivity contribution < 1.29 is 4.74 Å². The van der Waals surface area contributed by atoms with E-state index in [0.717, 1.165) is 18.5 Å². The summed E-state index contributed by atoms with van der Waals surface area (Å²) in [6.07, 6.45) is 2.18. The second kappa shape index (κ2) is 8.20. The fraction of sp³-hybridized carbons (Fsp3) is 0.714. The van der Waals surface area contributed by atoms with E-state index in [-0.39, 0.29) is 5.38 Å². The Morgan fingerprint density at radius 2 is 1.95 bits per heavy atom. The number of nitrogens with one attached hydrogen (secondary N) is 1. The molecule has 108 valence electrons. The minimum absolute atomic E-state index is 0.0923. The van der Waals surface area contributed by atoms with Crippen molar-refractivity contribution in [2.75, 3.05) is 18.5 Å². The van der Waals surface area contributed by atoms with Crippen LogP contribution in [0.5, 0.6) is 5.88 Å². The van der Waals surface area contributed by atoms with Gasteiger partial charge in [-0.25, -0.2) is 4.98 Å². The van der Waals surface area contributed by atoms with Crippen LogP contribution in [-0.2, 0) is 0 Å². The van der Waals surface area contributed by atoms with Gasteiger partial charge in [0.25, 0.3) is 0 Å². The SMILES string of the molecule is CCOc1cc(C)nc(NCC(Cl)C(CC)CC)n1. The molecule has 0 spiro atoms. The van der Waals surface area contributed by atoms with Crippen molar-refractivity contribution >= 4 is 17.5 Å². The Labute approximate surface area is 120 Å². The Hall–Kier alpha value is -1.03. The zero-order chi connectivity index (χ0) is 14.3. The summed E-state index contributed by atoms with van der Waals surface area (Å²) in [6.45, 7) is 9.46. The van der Waals surface area contributed by atoms with Gasteiger partial charge in [-0.2, -0.15) is 4.98 Å².